The van der Waals surface area contributed by atoms with Crippen LogP contribution in [-0.4, -0.2) is 12.6 Å². The Bertz CT molecular complexity index is 335. The first kappa shape index (κ1) is 11.1. The van der Waals surface area contributed by atoms with E-state index in [4.69, 9.17) is 16.3 Å². The monoisotopic (exact) mass is 212 g/mol. The standard InChI is InChI=1S/C11H13ClO2/c1-4-14-11(13)10-7(2)5-9(12)6-8(10)3/h5-6H,4H2,1-3H3. The predicted molar refractivity (Wildman–Crippen MR) is 56.9 cm³/mol. The first-order valence-electron chi connectivity index (χ1n) is 4.50. The van der Waals surface area contributed by atoms with Crippen molar-refractivity contribution in [3.63, 3.8) is 0 Å². The van der Waals surface area contributed by atoms with Crippen molar-refractivity contribution >= 4 is 17.6 Å². The van der Waals surface area contributed by atoms with Crippen LogP contribution >= 0.6 is 11.6 Å². The van der Waals surface area contributed by atoms with Crippen molar-refractivity contribution in [2.75, 3.05) is 6.61 Å². The number of rotatable bonds is 2. The Morgan fingerprint density at radius 3 is 2.29 bits per heavy atom. The van der Waals surface area contributed by atoms with Gasteiger partial charge in [-0.25, -0.2) is 4.79 Å². The largest absolute Gasteiger partial charge is 0.462 e. The SMILES string of the molecule is CCOC(=O)c1c(C)cc(Cl)cc1C. The van der Waals surface area contributed by atoms with Crippen LogP contribution in [0.5, 0.6) is 0 Å². The Morgan fingerprint density at radius 1 is 1.36 bits per heavy atom. The lowest BCUT2D eigenvalue weighted by Crippen LogP contribution is -2.08. The van der Waals surface area contributed by atoms with Crippen molar-refractivity contribution in [2.24, 2.45) is 0 Å². The van der Waals surface area contributed by atoms with E-state index in [0.29, 0.717) is 17.2 Å². The minimum atomic E-state index is -0.279. The van der Waals surface area contributed by atoms with Gasteiger partial charge in [-0.1, -0.05) is 11.6 Å². The second-order valence-electron chi connectivity index (χ2n) is 3.14. The van der Waals surface area contributed by atoms with Crippen LogP contribution in [-0.2, 0) is 4.74 Å². The number of esters is 1. The van der Waals surface area contributed by atoms with Gasteiger partial charge in [-0.2, -0.15) is 0 Å². The maximum absolute atomic E-state index is 11.5. The molecule has 0 amide bonds. The Hall–Kier alpha value is -1.02. The third-order valence-corrected chi connectivity index (χ3v) is 2.20. The van der Waals surface area contributed by atoms with Gasteiger partial charge in [0.25, 0.3) is 0 Å². The lowest BCUT2D eigenvalue weighted by molar-refractivity contribution is 0.0524. The lowest BCUT2D eigenvalue weighted by atomic mass is 10.0. The molecule has 0 bridgehead atoms. The molecule has 0 aliphatic rings. The predicted octanol–water partition coefficient (Wildman–Crippen LogP) is 3.13. The van der Waals surface area contributed by atoms with Gasteiger partial charge in [0.2, 0.25) is 0 Å². The summed E-state index contributed by atoms with van der Waals surface area (Å²) in [6.45, 7) is 5.88. The molecule has 1 rings (SSSR count). The molecule has 1 aromatic carbocycles. The fraction of sp³-hybridized carbons (Fsp3) is 0.364. The molecule has 0 heterocycles. The molecule has 76 valence electrons. The topological polar surface area (TPSA) is 26.3 Å². The molecule has 0 unspecified atom stereocenters. The first-order valence-corrected chi connectivity index (χ1v) is 4.88. The molecule has 0 atom stereocenters. The van der Waals surface area contributed by atoms with Crippen LogP contribution in [0.3, 0.4) is 0 Å². The molecule has 0 fully saturated rings. The highest BCUT2D eigenvalue weighted by Gasteiger charge is 2.13. The second-order valence-corrected chi connectivity index (χ2v) is 3.57. The molecule has 1 aromatic rings. The summed E-state index contributed by atoms with van der Waals surface area (Å²) in [6.07, 6.45) is 0. The summed E-state index contributed by atoms with van der Waals surface area (Å²) in [5.74, 6) is -0.279. The van der Waals surface area contributed by atoms with Gasteiger partial charge < -0.3 is 4.74 Å². The highest BCUT2D eigenvalue weighted by atomic mass is 35.5. The fourth-order valence-electron chi connectivity index (χ4n) is 1.44. The molecule has 0 aliphatic heterocycles. The van der Waals surface area contributed by atoms with Crippen LogP contribution in [0.1, 0.15) is 28.4 Å². The highest BCUT2D eigenvalue weighted by molar-refractivity contribution is 6.30. The van der Waals surface area contributed by atoms with Crippen molar-refractivity contribution in [1.29, 1.82) is 0 Å². The number of hydrogen-bond acceptors (Lipinski definition) is 2. The number of carbonyl (C=O) groups excluding carboxylic acids is 1. The van der Waals surface area contributed by atoms with Crippen LogP contribution in [0.4, 0.5) is 0 Å². The van der Waals surface area contributed by atoms with Gasteiger partial charge in [0, 0.05) is 5.02 Å². The van der Waals surface area contributed by atoms with E-state index in [1.165, 1.54) is 0 Å². The van der Waals surface area contributed by atoms with Crippen LogP contribution < -0.4 is 0 Å². The molecule has 14 heavy (non-hydrogen) atoms. The van der Waals surface area contributed by atoms with Crippen molar-refractivity contribution in [3.8, 4) is 0 Å². The molecule has 0 aliphatic carbocycles. The van der Waals surface area contributed by atoms with Gasteiger partial charge in [-0.3, -0.25) is 0 Å². The third-order valence-electron chi connectivity index (χ3n) is 1.98. The molecule has 0 spiro atoms. The van der Waals surface area contributed by atoms with Gasteiger partial charge in [0.1, 0.15) is 0 Å². The van der Waals surface area contributed by atoms with Crippen molar-refractivity contribution in [3.05, 3.63) is 33.8 Å². The number of halogens is 1. The van der Waals surface area contributed by atoms with E-state index >= 15 is 0 Å². The van der Waals surface area contributed by atoms with Gasteiger partial charge >= 0.3 is 5.97 Å². The average Bonchev–Trinajstić information content (AvgIpc) is 2.01. The van der Waals surface area contributed by atoms with E-state index in [0.717, 1.165) is 11.1 Å². The van der Waals surface area contributed by atoms with Crippen molar-refractivity contribution in [1.82, 2.24) is 0 Å². The van der Waals surface area contributed by atoms with Gasteiger partial charge in [-0.05, 0) is 44.0 Å². The summed E-state index contributed by atoms with van der Waals surface area (Å²) >= 11 is 5.85. The lowest BCUT2D eigenvalue weighted by Gasteiger charge is -2.08. The quantitative estimate of drug-likeness (QED) is 0.704. The maximum Gasteiger partial charge on any atom is 0.338 e. The Morgan fingerprint density at radius 2 is 1.86 bits per heavy atom. The van der Waals surface area contributed by atoms with Gasteiger partial charge in [0.15, 0.2) is 0 Å². The summed E-state index contributed by atoms with van der Waals surface area (Å²) in [7, 11) is 0. The Kier molecular flexibility index (Phi) is 3.53. The van der Waals surface area contributed by atoms with Crippen LogP contribution in [0.25, 0.3) is 0 Å². The molecule has 0 saturated carbocycles. The summed E-state index contributed by atoms with van der Waals surface area (Å²) in [5, 5.41) is 0.646. The number of benzene rings is 1. The molecule has 0 aromatic heterocycles. The summed E-state index contributed by atoms with van der Waals surface area (Å²) < 4.78 is 4.95. The van der Waals surface area contributed by atoms with Crippen LogP contribution in [0.2, 0.25) is 5.02 Å². The minimum Gasteiger partial charge on any atom is -0.462 e. The zero-order valence-corrected chi connectivity index (χ0v) is 9.31. The van der Waals surface area contributed by atoms with Crippen molar-refractivity contribution in [2.45, 2.75) is 20.8 Å². The van der Waals surface area contributed by atoms with Crippen molar-refractivity contribution < 1.29 is 9.53 Å². The summed E-state index contributed by atoms with van der Waals surface area (Å²) in [4.78, 5) is 11.5. The molecular formula is C11H13ClO2. The molecule has 3 heteroatoms. The number of aryl methyl sites for hydroxylation is 2. The van der Waals surface area contributed by atoms with E-state index in [1.807, 2.05) is 13.8 Å². The van der Waals surface area contributed by atoms with Crippen LogP contribution in [0, 0.1) is 13.8 Å². The van der Waals surface area contributed by atoms with E-state index in [2.05, 4.69) is 0 Å². The molecular weight excluding hydrogens is 200 g/mol. The Labute approximate surface area is 88.8 Å². The average molecular weight is 213 g/mol. The van der Waals surface area contributed by atoms with E-state index < -0.39 is 0 Å². The normalized spacial score (nSPS) is 10.0. The van der Waals surface area contributed by atoms with E-state index in [-0.39, 0.29) is 5.97 Å². The Balaban J connectivity index is 3.14. The molecule has 0 N–H and O–H groups in total. The molecule has 0 saturated heterocycles. The number of carbonyl (C=O) groups is 1. The summed E-state index contributed by atoms with van der Waals surface area (Å²) in [5.41, 5.74) is 2.33. The zero-order chi connectivity index (χ0) is 10.7. The molecule has 2 nitrogen and oxygen atoms in total. The number of hydrogen-bond donors (Lipinski definition) is 0. The molecule has 0 radical (unpaired) electrons. The van der Waals surface area contributed by atoms with Gasteiger partial charge in [-0.15, -0.1) is 0 Å². The smallest absolute Gasteiger partial charge is 0.338 e. The van der Waals surface area contributed by atoms with E-state index in [9.17, 15) is 4.79 Å². The summed E-state index contributed by atoms with van der Waals surface area (Å²) in [6, 6.07) is 3.53. The van der Waals surface area contributed by atoms with E-state index in [1.54, 1.807) is 19.1 Å². The second kappa shape index (κ2) is 4.47. The highest BCUT2D eigenvalue weighted by Crippen LogP contribution is 2.20. The minimum absolute atomic E-state index is 0.279. The maximum atomic E-state index is 11.5. The number of ether oxygens (including phenoxy) is 1. The van der Waals surface area contributed by atoms with Crippen LogP contribution in [0.15, 0.2) is 12.1 Å². The van der Waals surface area contributed by atoms with Gasteiger partial charge in [0.05, 0.1) is 12.2 Å². The zero-order valence-electron chi connectivity index (χ0n) is 8.56. The first-order chi connectivity index (χ1) is 6.56. The third kappa shape index (κ3) is 2.26. The fourth-order valence-corrected chi connectivity index (χ4v) is 1.76.